The summed E-state index contributed by atoms with van der Waals surface area (Å²) in [7, 11) is 1.63. The Morgan fingerprint density at radius 2 is 1.71 bits per heavy atom. The van der Waals surface area contributed by atoms with E-state index in [2.05, 4.69) is 22.6 Å². The van der Waals surface area contributed by atoms with Crippen molar-refractivity contribution >= 4 is 17.3 Å². The molecule has 1 N–H and O–H groups in total. The summed E-state index contributed by atoms with van der Waals surface area (Å²) in [6, 6.07) is 20.2. The summed E-state index contributed by atoms with van der Waals surface area (Å²) < 4.78 is 0. The first-order valence-electron chi connectivity index (χ1n) is 6.98. The molecule has 4 nitrogen and oxygen atoms in total. The zero-order valence-electron chi connectivity index (χ0n) is 11.9. The molecule has 0 saturated carbocycles. The lowest BCUT2D eigenvalue weighted by molar-refractivity contribution is -0.114. The maximum Gasteiger partial charge on any atom is 0.267 e. The molecule has 0 bridgehead atoms. The Morgan fingerprint density at radius 1 is 1.10 bits per heavy atom. The van der Waals surface area contributed by atoms with Crippen molar-refractivity contribution in [2.75, 3.05) is 12.1 Å². The number of nitrogens with zero attached hydrogens (tertiary/aromatic N) is 2. The molecule has 1 amide bonds. The number of rotatable bonds is 3. The summed E-state index contributed by atoms with van der Waals surface area (Å²) in [5, 5.41) is 9.11. The normalized spacial score (nSPS) is 17.5. The van der Waals surface area contributed by atoms with Crippen LogP contribution in [0.1, 0.15) is 18.0 Å². The van der Waals surface area contributed by atoms with Crippen LogP contribution in [0.15, 0.2) is 65.8 Å². The lowest BCUT2D eigenvalue weighted by Crippen LogP contribution is -2.26. The number of carbonyl (C=O) groups excluding carboxylic acids is 1. The van der Waals surface area contributed by atoms with Gasteiger partial charge in [0.1, 0.15) is 5.71 Å². The molecule has 4 heteroatoms. The fraction of sp³-hybridized carbons (Fsp3) is 0.176. The molecule has 1 heterocycles. The topological polar surface area (TPSA) is 44.7 Å². The molecular weight excluding hydrogens is 262 g/mol. The van der Waals surface area contributed by atoms with Gasteiger partial charge in [0, 0.05) is 13.5 Å². The number of carbonyl (C=O) groups is 1. The van der Waals surface area contributed by atoms with Crippen LogP contribution in [0, 0.1) is 0 Å². The van der Waals surface area contributed by atoms with E-state index in [0.717, 1.165) is 11.3 Å². The number of amides is 1. The van der Waals surface area contributed by atoms with Gasteiger partial charge in [-0.3, -0.25) is 9.80 Å². The highest BCUT2D eigenvalue weighted by atomic mass is 16.1. The average Bonchev–Trinajstić information content (AvgIpc) is 3.01. The van der Waals surface area contributed by atoms with E-state index in [0.29, 0.717) is 12.1 Å². The van der Waals surface area contributed by atoms with Crippen LogP contribution in [-0.2, 0) is 4.79 Å². The highest BCUT2D eigenvalue weighted by Gasteiger charge is 2.31. The largest absolute Gasteiger partial charge is 0.354 e. The molecular formula is C17H17N3O. The van der Waals surface area contributed by atoms with Gasteiger partial charge in [0.2, 0.25) is 0 Å². The summed E-state index contributed by atoms with van der Waals surface area (Å²) in [6.45, 7) is 0. The summed E-state index contributed by atoms with van der Waals surface area (Å²) in [4.78, 5) is 11.9. The van der Waals surface area contributed by atoms with Crippen LogP contribution < -0.4 is 10.3 Å². The van der Waals surface area contributed by atoms with Crippen molar-refractivity contribution in [3.05, 3.63) is 66.2 Å². The molecule has 106 valence electrons. The van der Waals surface area contributed by atoms with Crippen LogP contribution in [0.4, 0.5) is 5.69 Å². The van der Waals surface area contributed by atoms with Gasteiger partial charge in [0.25, 0.3) is 5.91 Å². The van der Waals surface area contributed by atoms with E-state index in [-0.39, 0.29) is 11.9 Å². The minimum Gasteiger partial charge on any atom is -0.354 e. The van der Waals surface area contributed by atoms with E-state index in [9.17, 15) is 4.79 Å². The van der Waals surface area contributed by atoms with E-state index in [1.54, 1.807) is 7.05 Å². The van der Waals surface area contributed by atoms with Crippen molar-refractivity contribution in [2.45, 2.75) is 12.5 Å². The highest BCUT2D eigenvalue weighted by Crippen LogP contribution is 2.34. The number of anilines is 1. The molecule has 2 aromatic carbocycles. The molecule has 21 heavy (non-hydrogen) atoms. The zero-order valence-corrected chi connectivity index (χ0v) is 11.9. The van der Waals surface area contributed by atoms with Crippen LogP contribution in [0.2, 0.25) is 0 Å². The lowest BCUT2D eigenvalue weighted by Gasteiger charge is -2.23. The Bertz CT molecular complexity index is 652. The first-order valence-corrected chi connectivity index (χ1v) is 6.98. The standard InChI is InChI=1S/C17H17N3O/c1-18-17(21)15-12-16(13-8-4-2-5-9-13)20(19-15)14-10-6-3-7-11-14/h2-11,16H,12H2,1H3,(H,18,21)/t16-/m0/s1. The summed E-state index contributed by atoms with van der Waals surface area (Å²) >= 11 is 0. The molecule has 0 fully saturated rings. The second kappa shape index (κ2) is 5.79. The molecule has 0 aliphatic carbocycles. The lowest BCUT2D eigenvalue weighted by atomic mass is 10.0. The Kier molecular flexibility index (Phi) is 3.69. The number of nitrogens with one attached hydrogen (secondary N) is 1. The predicted octanol–water partition coefficient (Wildman–Crippen LogP) is 2.74. The highest BCUT2D eigenvalue weighted by molar-refractivity contribution is 6.39. The predicted molar refractivity (Wildman–Crippen MR) is 84.2 cm³/mol. The molecule has 1 aliphatic rings. The molecule has 0 aromatic heterocycles. The molecule has 1 atom stereocenters. The Balaban J connectivity index is 1.98. The Hall–Kier alpha value is -2.62. The van der Waals surface area contributed by atoms with Crippen LogP contribution in [0.3, 0.4) is 0 Å². The van der Waals surface area contributed by atoms with Gasteiger partial charge in [-0.25, -0.2) is 0 Å². The first kappa shape index (κ1) is 13.4. The summed E-state index contributed by atoms with van der Waals surface area (Å²) in [5.74, 6) is -0.116. The number of hydrazone groups is 1. The number of hydrogen-bond acceptors (Lipinski definition) is 3. The maximum atomic E-state index is 11.9. The number of benzene rings is 2. The second-order valence-electron chi connectivity index (χ2n) is 4.94. The van der Waals surface area contributed by atoms with Gasteiger partial charge in [0.15, 0.2) is 0 Å². The maximum absolute atomic E-state index is 11.9. The first-order chi connectivity index (χ1) is 10.3. The van der Waals surface area contributed by atoms with E-state index in [1.165, 1.54) is 0 Å². The van der Waals surface area contributed by atoms with Crippen LogP contribution >= 0.6 is 0 Å². The molecule has 0 unspecified atom stereocenters. The van der Waals surface area contributed by atoms with Crippen molar-refractivity contribution in [2.24, 2.45) is 5.10 Å². The van der Waals surface area contributed by atoms with Crippen molar-refractivity contribution in [3.63, 3.8) is 0 Å². The van der Waals surface area contributed by atoms with E-state index < -0.39 is 0 Å². The number of para-hydroxylation sites is 1. The molecule has 3 rings (SSSR count). The van der Waals surface area contributed by atoms with Crippen molar-refractivity contribution < 1.29 is 4.79 Å². The zero-order chi connectivity index (χ0) is 14.7. The quantitative estimate of drug-likeness (QED) is 0.939. The van der Waals surface area contributed by atoms with Crippen molar-refractivity contribution in [1.82, 2.24) is 5.32 Å². The molecule has 2 aromatic rings. The van der Waals surface area contributed by atoms with Gasteiger partial charge in [0.05, 0.1) is 11.7 Å². The van der Waals surface area contributed by atoms with Crippen LogP contribution in [-0.4, -0.2) is 18.7 Å². The van der Waals surface area contributed by atoms with Gasteiger partial charge < -0.3 is 5.32 Å². The second-order valence-corrected chi connectivity index (χ2v) is 4.94. The smallest absolute Gasteiger partial charge is 0.267 e. The van der Waals surface area contributed by atoms with Gasteiger partial charge in [-0.05, 0) is 17.7 Å². The summed E-state index contributed by atoms with van der Waals surface area (Å²) in [5.41, 5.74) is 2.71. The van der Waals surface area contributed by atoms with E-state index >= 15 is 0 Å². The molecule has 0 saturated heterocycles. The van der Waals surface area contributed by atoms with Gasteiger partial charge >= 0.3 is 0 Å². The van der Waals surface area contributed by atoms with Gasteiger partial charge in [-0.1, -0.05) is 48.5 Å². The molecule has 0 spiro atoms. The van der Waals surface area contributed by atoms with Crippen molar-refractivity contribution in [1.29, 1.82) is 0 Å². The Morgan fingerprint density at radius 3 is 2.33 bits per heavy atom. The summed E-state index contributed by atoms with van der Waals surface area (Å²) in [6.07, 6.45) is 0.610. The monoisotopic (exact) mass is 279 g/mol. The fourth-order valence-electron chi connectivity index (χ4n) is 2.55. The van der Waals surface area contributed by atoms with E-state index in [4.69, 9.17) is 0 Å². The third-order valence-electron chi connectivity index (χ3n) is 3.60. The molecule has 1 aliphatic heterocycles. The Labute approximate surface area is 124 Å². The third kappa shape index (κ3) is 2.65. The number of hydrogen-bond donors (Lipinski definition) is 1. The third-order valence-corrected chi connectivity index (χ3v) is 3.60. The van der Waals surface area contributed by atoms with Gasteiger partial charge in [-0.2, -0.15) is 5.10 Å². The van der Waals surface area contributed by atoms with Crippen LogP contribution in [0.5, 0.6) is 0 Å². The van der Waals surface area contributed by atoms with Crippen molar-refractivity contribution in [3.8, 4) is 0 Å². The minimum atomic E-state index is -0.116. The van der Waals surface area contributed by atoms with Crippen LogP contribution in [0.25, 0.3) is 0 Å². The fourth-order valence-corrected chi connectivity index (χ4v) is 2.55. The molecule has 0 radical (unpaired) electrons. The van der Waals surface area contributed by atoms with Gasteiger partial charge in [-0.15, -0.1) is 0 Å². The average molecular weight is 279 g/mol. The minimum absolute atomic E-state index is 0.0564. The van der Waals surface area contributed by atoms with E-state index in [1.807, 2.05) is 53.5 Å². The SMILES string of the molecule is CNC(=O)C1=NN(c2ccccc2)[C@H](c2ccccc2)C1.